The van der Waals surface area contributed by atoms with Crippen LogP contribution in [0.5, 0.6) is 11.5 Å². The lowest BCUT2D eigenvalue weighted by molar-refractivity contribution is 0.0940. The van der Waals surface area contributed by atoms with E-state index >= 15 is 0 Å². The molecule has 4 nitrogen and oxygen atoms in total. The molecule has 1 aliphatic rings. The van der Waals surface area contributed by atoms with Crippen LogP contribution in [0.25, 0.3) is 0 Å². The fraction of sp³-hybridized carbons (Fsp3) is 0.188. The van der Waals surface area contributed by atoms with E-state index in [0.717, 1.165) is 11.6 Å². The van der Waals surface area contributed by atoms with E-state index in [0.29, 0.717) is 11.5 Å². The molecule has 1 amide bonds. The predicted octanol–water partition coefficient (Wildman–Crippen LogP) is 3.70. The molecule has 0 saturated heterocycles. The molecule has 0 spiro atoms. The van der Waals surface area contributed by atoms with E-state index in [2.05, 4.69) is 5.32 Å². The Hall–Kier alpha value is -2.27. The van der Waals surface area contributed by atoms with Crippen LogP contribution in [0.2, 0.25) is 5.02 Å². The highest BCUT2D eigenvalue weighted by Crippen LogP contribution is 2.34. The van der Waals surface area contributed by atoms with Crippen LogP contribution in [0.1, 0.15) is 28.9 Å². The van der Waals surface area contributed by atoms with E-state index in [1.807, 2.05) is 19.1 Å². The second-order valence-electron chi connectivity index (χ2n) is 4.93. The summed E-state index contributed by atoms with van der Waals surface area (Å²) >= 11 is 5.89. The summed E-state index contributed by atoms with van der Waals surface area (Å²) in [5.74, 6) is 0.489. The van der Waals surface area contributed by atoms with Gasteiger partial charge < -0.3 is 14.8 Å². The lowest BCUT2D eigenvalue weighted by Gasteiger charge is -2.15. The summed E-state index contributed by atoms with van der Waals surface area (Å²) in [6.07, 6.45) is 0. The number of hydrogen-bond acceptors (Lipinski definition) is 3. The van der Waals surface area contributed by atoms with Gasteiger partial charge in [-0.1, -0.05) is 17.7 Å². The molecule has 0 bridgehead atoms. The Kier molecular flexibility index (Phi) is 3.90. The first-order chi connectivity index (χ1) is 10.5. The van der Waals surface area contributed by atoms with Crippen molar-refractivity contribution in [3.05, 3.63) is 58.4 Å². The van der Waals surface area contributed by atoms with Crippen LogP contribution in [0.4, 0.5) is 4.39 Å². The number of fused-ring (bicyclic) bond motifs is 1. The van der Waals surface area contributed by atoms with Crippen LogP contribution in [0.15, 0.2) is 36.4 Å². The van der Waals surface area contributed by atoms with Crippen LogP contribution in [-0.2, 0) is 0 Å². The van der Waals surface area contributed by atoms with Gasteiger partial charge in [0.25, 0.3) is 5.91 Å². The van der Waals surface area contributed by atoms with Crippen molar-refractivity contribution in [2.75, 3.05) is 6.79 Å². The van der Waals surface area contributed by atoms with Gasteiger partial charge in [-0.25, -0.2) is 4.39 Å². The molecule has 1 atom stereocenters. The fourth-order valence-corrected chi connectivity index (χ4v) is 2.47. The van der Waals surface area contributed by atoms with Crippen molar-refractivity contribution in [1.82, 2.24) is 5.32 Å². The number of carbonyl (C=O) groups is 1. The first-order valence-corrected chi connectivity index (χ1v) is 7.08. The maximum absolute atomic E-state index is 13.0. The van der Waals surface area contributed by atoms with E-state index in [1.54, 1.807) is 6.07 Å². The van der Waals surface area contributed by atoms with Gasteiger partial charge in [0.15, 0.2) is 11.5 Å². The van der Waals surface area contributed by atoms with Gasteiger partial charge in [0.05, 0.1) is 16.6 Å². The highest BCUT2D eigenvalue weighted by molar-refractivity contribution is 6.33. The number of hydrogen-bond donors (Lipinski definition) is 1. The van der Waals surface area contributed by atoms with Crippen molar-refractivity contribution < 1.29 is 18.7 Å². The van der Waals surface area contributed by atoms with Crippen molar-refractivity contribution in [3.63, 3.8) is 0 Å². The summed E-state index contributed by atoms with van der Waals surface area (Å²) in [6, 6.07) is 8.88. The van der Waals surface area contributed by atoms with Gasteiger partial charge in [-0.2, -0.15) is 0 Å². The van der Waals surface area contributed by atoms with Gasteiger partial charge in [-0.3, -0.25) is 4.79 Å². The van der Waals surface area contributed by atoms with Crippen LogP contribution in [-0.4, -0.2) is 12.7 Å². The van der Waals surface area contributed by atoms with Crippen molar-refractivity contribution in [1.29, 1.82) is 0 Å². The maximum Gasteiger partial charge on any atom is 0.253 e. The standard InChI is InChI=1S/C16H13ClFNO3/c1-9(10-2-5-14-15(6-10)22-8-21-14)19-16(20)12-4-3-11(18)7-13(12)17/h2-7,9H,8H2,1H3,(H,19,20). The normalized spacial score (nSPS) is 13.8. The average Bonchev–Trinajstić information content (AvgIpc) is 2.94. The summed E-state index contributed by atoms with van der Waals surface area (Å²) in [5.41, 5.74) is 1.10. The number of nitrogens with one attached hydrogen (secondary N) is 1. The monoisotopic (exact) mass is 321 g/mol. The Morgan fingerprint density at radius 1 is 1.23 bits per heavy atom. The number of benzene rings is 2. The first kappa shape index (κ1) is 14.7. The minimum Gasteiger partial charge on any atom is -0.454 e. The van der Waals surface area contributed by atoms with Crippen LogP contribution in [0, 0.1) is 5.82 Å². The van der Waals surface area contributed by atoms with Gasteiger partial charge in [-0.05, 0) is 42.8 Å². The van der Waals surface area contributed by atoms with E-state index < -0.39 is 5.82 Å². The molecule has 1 heterocycles. The van der Waals surface area contributed by atoms with E-state index in [1.165, 1.54) is 12.1 Å². The van der Waals surface area contributed by atoms with Crippen molar-refractivity contribution in [2.45, 2.75) is 13.0 Å². The topological polar surface area (TPSA) is 47.6 Å². The van der Waals surface area contributed by atoms with E-state index in [9.17, 15) is 9.18 Å². The van der Waals surface area contributed by atoms with E-state index in [4.69, 9.17) is 21.1 Å². The third kappa shape index (κ3) is 2.85. The van der Waals surface area contributed by atoms with Crippen LogP contribution in [0.3, 0.4) is 0 Å². The fourth-order valence-electron chi connectivity index (χ4n) is 2.21. The molecule has 0 fully saturated rings. The third-order valence-electron chi connectivity index (χ3n) is 3.42. The minimum absolute atomic E-state index is 0.0791. The number of ether oxygens (including phenoxy) is 2. The SMILES string of the molecule is CC(NC(=O)c1ccc(F)cc1Cl)c1ccc2c(c1)OCO2. The molecule has 0 radical (unpaired) electrons. The number of amides is 1. The summed E-state index contributed by atoms with van der Waals surface area (Å²) in [7, 11) is 0. The van der Waals surface area contributed by atoms with Crippen molar-refractivity contribution in [3.8, 4) is 11.5 Å². The zero-order valence-corrected chi connectivity index (χ0v) is 12.5. The van der Waals surface area contributed by atoms with Gasteiger partial charge in [0, 0.05) is 0 Å². The zero-order chi connectivity index (χ0) is 15.7. The third-order valence-corrected chi connectivity index (χ3v) is 3.73. The highest BCUT2D eigenvalue weighted by Gasteiger charge is 2.18. The number of carbonyl (C=O) groups excluding carboxylic acids is 1. The molecule has 0 aromatic heterocycles. The van der Waals surface area contributed by atoms with Gasteiger partial charge in [-0.15, -0.1) is 0 Å². The molecule has 1 aliphatic heterocycles. The second-order valence-corrected chi connectivity index (χ2v) is 5.34. The van der Waals surface area contributed by atoms with Gasteiger partial charge in [0.1, 0.15) is 5.82 Å². The molecule has 22 heavy (non-hydrogen) atoms. The van der Waals surface area contributed by atoms with Crippen LogP contribution >= 0.6 is 11.6 Å². The van der Waals surface area contributed by atoms with E-state index in [-0.39, 0.29) is 29.3 Å². The average molecular weight is 322 g/mol. The lowest BCUT2D eigenvalue weighted by Crippen LogP contribution is -2.26. The maximum atomic E-state index is 13.0. The minimum atomic E-state index is -0.481. The Bertz CT molecular complexity index is 735. The van der Waals surface area contributed by atoms with Crippen molar-refractivity contribution >= 4 is 17.5 Å². The van der Waals surface area contributed by atoms with Crippen molar-refractivity contribution in [2.24, 2.45) is 0 Å². The Morgan fingerprint density at radius 2 is 2.00 bits per heavy atom. The highest BCUT2D eigenvalue weighted by atomic mass is 35.5. The van der Waals surface area contributed by atoms with Gasteiger partial charge >= 0.3 is 0 Å². The molecule has 2 aromatic rings. The second kappa shape index (κ2) is 5.85. The predicted molar refractivity (Wildman–Crippen MR) is 79.9 cm³/mol. The molecular formula is C16H13ClFNO3. The lowest BCUT2D eigenvalue weighted by atomic mass is 10.1. The molecule has 6 heteroatoms. The Balaban J connectivity index is 1.76. The Morgan fingerprint density at radius 3 is 2.77 bits per heavy atom. The molecule has 2 aromatic carbocycles. The quantitative estimate of drug-likeness (QED) is 0.937. The number of rotatable bonds is 3. The summed E-state index contributed by atoms with van der Waals surface area (Å²) in [6.45, 7) is 2.04. The molecule has 114 valence electrons. The largest absolute Gasteiger partial charge is 0.454 e. The molecular weight excluding hydrogens is 309 g/mol. The first-order valence-electron chi connectivity index (χ1n) is 6.70. The molecule has 3 rings (SSSR count). The smallest absolute Gasteiger partial charge is 0.253 e. The summed E-state index contributed by atoms with van der Waals surface area (Å²) in [5, 5.41) is 2.90. The van der Waals surface area contributed by atoms with Crippen LogP contribution < -0.4 is 14.8 Å². The molecule has 1 unspecified atom stereocenters. The summed E-state index contributed by atoms with van der Waals surface area (Å²) in [4.78, 5) is 12.2. The Labute approximate surface area is 131 Å². The zero-order valence-electron chi connectivity index (χ0n) is 11.7. The molecule has 0 saturated carbocycles. The number of halogens is 2. The molecule has 0 aliphatic carbocycles. The molecule has 1 N–H and O–H groups in total. The van der Waals surface area contributed by atoms with Gasteiger partial charge in [0.2, 0.25) is 6.79 Å². The summed E-state index contributed by atoms with van der Waals surface area (Å²) < 4.78 is 23.6.